The molecule has 5 heteroatoms. The second-order valence-electron chi connectivity index (χ2n) is 9.30. The molecular formula is C20H30Br2O3. The largest absolute Gasteiger partial charge is 0.390 e. The number of carbonyl (C=O) groups is 1. The molecule has 2 N–H and O–H groups in total. The van der Waals surface area contributed by atoms with E-state index in [1.807, 2.05) is 0 Å². The molecule has 0 aliphatic heterocycles. The Labute approximate surface area is 167 Å². The van der Waals surface area contributed by atoms with Crippen LogP contribution in [-0.2, 0) is 4.79 Å². The molecule has 0 bridgehead atoms. The minimum Gasteiger partial charge on any atom is -0.390 e. The minimum absolute atomic E-state index is 0.102. The van der Waals surface area contributed by atoms with Crippen LogP contribution in [-0.4, -0.2) is 37.9 Å². The summed E-state index contributed by atoms with van der Waals surface area (Å²) < 4.78 is 0. The molecule has 0 aromatic carbocycles. The van der Waals surface area contributed by atoms with Crippen LogP contribution in [0.15, 0.2) is 12.2 Å². The van der Waals surface area contributed by atoms with Crippen molar-refractivity contribution in [3.8, 4) is 0 Å². The molecule has 142 valence electrons. The van der Waals surface area contributed by atoms with Gasteiger partial charge in [0.25, 0.3) is 0 Å². The van der Waals surface area contributed by atoms with E-state index in [9.17, 15) is 15.0 Å². The SMILES string of the molecule is CC(C)[C@@H]1C=CC(=O)[C@H]2[C@@H]3[C@](C)(O)[C@@H](O)C[C@H](Br)[C@@]3(C)CC[C@]12CBr. The van der Waals surface area contributed by atoms with Crippen LogP contribution in [0.2, 0.25) is 0 Å². The number of aliphatic hydroxyl groups excluding tert-OH is 1. The zero-order valence-corrected chi connectivity index (χ0v) is 18.7. The van der Waals surface area contributed by atoms with E-state index in [0.29, 0.717) is 18.3 Å². The summed E-state index contributed by atoms with van der Waals surface area (Å²) in [5.74, 6) is 0.294. The van der Waals surface area contributed by atoms with Crippen molar-refractivity contribution in [3.63, 3.8) is 0 Å². The smallest absolute Gasteiger partial charge is 0.159 e. The molecule has 3 aliphatic rings. The van der Waals surface area contributed by atoms with Gasteiger partial charge in [-0.2, -0.15) is 0 Å². The van der Waals surface area contributed by atoms with Gasteiger partial charge in [0.05, 0.1) is 11.7 Å². The Morgan fingerprint density at radius 3 is 2.52 bits per heavy atom. The molecule has 3 rings (SSSR count). The van der Waals surface area contributed by atoms with E-state index in [2.05, 4.69) is 58.7 Å². The zero-order valence-electron chi connectivity index (χ0n) is 15.5. The number of rotatable bonds is 2. The maximum absolute atomic E-state index is 13.1. The number of halogens is 2. The number of hydrogen-bond donors (Lipinski definition) is 2. The van der Waals surface area contributed by atoms with Crippen molar-refractivity contribution in [3.05, 3.63) is 12.2 Å². The zero-order chi connectivity index (χ0) is 18.8. The first-order chi connectivity index (χ1) is 11.5. The summed E-state index contributed by atoms with van der Waals surface area (Å²) in [7, 11) is 0. The van der Waals surface area contributed by atoms with Gasteiger partial charge >= 0.3 is 0 Å². The van der Waals surface area contributed by atoms with Crippen LogP contribution in [0, 0.1) is 34.5 Å². The second kappa shape index (κ2) is 6.42. The number of aliphatic hydroxyl groups is 2. The van der Waals surface area contributed by atoms with Gasteiger partial charge < -0.3 is 10.2 Å². The highest BCUT2D eigenvalue weighted by molar-refractivity contribution is 9.09. The van der Waals surface area contributed by atoms with Gasteiger partial charge in [0.2, 0.25) is 0 Å². The van der Waals surface area contributed by atoms with Crippen LogP contribution in [0.4, 0.5) is 0 Å². The summed E-state index contributed by atoms with van der Waals surface area (Å²) in [5, 5.41) is 22.7. The molecule has 3 aliphatic carbocycles. The standard InChI is InChI=1S/C20H30Br2O3/c1-11(2)12-5-6-13(23)16-17-18(3,7-8-20(12,16)10-21)14(22)9-15(24)19(17,4)25/h5-6,11-12,14-17,24-25H,7-10H2,1-4H3/t12-,14-,15-,16-,17-,18+,19+,20-/m0/s1. The van der Waals surface area contributed by atoms with Gasteiger partial charge in [0.15, 0.2) is 5.78 Å². The molecule has 0 unspecified atom stereocenters. The Morgan fingerprint density at radius 2 is 1.96 bits per heavy atom. The highest BCUT2D eigenvalue weighted by Gasteiger charge is 2.68. The summed E-state index contributed by atoms with van der Waals surface area (Å²) in [6, 6.07) is 0. The van der Waals surface area contributed by atoms with E-state index in [4.69, 9.17) is 0 Å². The van der Waals surface area contributed by atoms with Gasteiger partial charge in [0.1, 0.15) is 0 Å². The number of alkyl halides is 2. The van der Waals surface area contributed by atoms with E-state index in [1.54, 1.807) is 13.0 Å². The van der Waals surface area contributed by atoms with Gasteiger partial charge in [-0.05, 0) is 54.9 Å². The number of ketones is 1. The molecule has 0 aromatic rings. The Morgan fingerprint density at radius 1 is 1.32 bits per heavy atom. The third-order valence-corrected chi connectivity index (χ3v) is 10.1. The quantitative estimate of drug-likeness (QED) is 0.589. The normalized spacial score (nSPS) is 52.8. The first-order valence-corrected chi connectivity index (χ1v) is 11.4. The van der Waals surface area contributed by atoms with Crippen molar-refractivity contribution in [1.82, 2.24) is 0 Å². The molecule has 2 saturated carbocycles. The first-order valence-electron chi connectivity index (χ1n) is 9.35. The number of hydrogen-bond acceptors (Lipinski definition) is 3. The topological polar surface area (TPSA) is 57.5 Å². The van der Waals surface area contributed by atoms with Crippen molar-refractivity contribution in [2.75, 3.05) is 5.33 Å². The molecule has 0 radical (unpaired) electrons. The fourth-order valence-corrected chi connectivity index (χ4v) is 8.10. The second-order valence-corrected chi connectivity index (χ2v) is 11.0. The van der Waals surface area contributed by atoms with Crippen molar-refractivity contribution in [1.29, 1.82) is 0 Å². The highest BCUT2D eigenvalue weighted by Crippen LogP contribution is 2.66. The molecule has 25 heavy (non-hydrogen) atoms. The average molecular weight is 478 g/mol. The lowest BCUT2D eigenvalue weighted by Gasteiger charge is -2.65. The molecule has 2 fully saturated rings. The Bertz CT molecular complexity index is 587. The predicted molar refractivity (Wildman–Crippen MR) is 107 cm³/mol. The maximum atomic E-state index is 13.1. The van der Waals surface area contributed by atoms with Crippen LogP contribution in [0.3, 0.4) is 0 Å². The molecule has 8 atom stereocenters. The number of carbonyl (C=O) groups excluding carboxylic acids is 1. The summed E-state index contributed by atoms with van der Waals surface area (Å²) in [6.45, 7) is 8.34. The molecule has 0 saturated heterocycles. The summed E-state index contributed by atoms with van der Waals surface area (Å²) in [6.07, 6.45) is 5.43. The van der Waals surface area contributed by atoms with Crippen LogP contribution in [0.1, 0.15) is 47.0 Å². The minimum atomic E-state index is -1.26. The van der Waals surface area contributed by atoms with Gasteiger partial charge in [-0.3, -0.25) is 4.79 Å². The lowest BCUT2D eigenvalue weighted by Crippen LogP contribution is -2.69. The van der Waals surface area contributed by atoms with Crippen molar-refractivity contribution in [2.45, 2.75) is 63.5 Å². The number of fused-ring (bicyclic) bond motifs is 3. The summed E-state index contributed by atoms with van der Waals surface area (Å²) >= 11 is 7.53. The average Bonchev–Trinajstić information content (AvgIpc) is 2.53. The fraction of sp³-hybridized carbons (Fsp3) is 0.850. The highest BCUT2D eigenvalue weighted by atomic mass is 79.9. The van der Waals surface area contributed by atoms with E-state index in [-0.39, 0.29) is 33.3 Å². The van der Waals surface area contributed by atoms with E-state index in [1.165, 1.54) is 0 Å². The molecule has 0 amide bonds. The number of allylic oxidation sites excluding steroid dienone is 2. The van der Waals surface area contributed by atoms with Crippen LogP contribution < -0.4 is 0 Å². The summed E-state index contributed by atoms with van der Waals surface area (Å²) in [5.41, 5.74) is -1.67. The Hall–Kier alpha value is 0.290. The lowest BCUT2D eigenvalue weighted by molar-refractivity contribution is -0.218. The fourth-order valence-electron chi connectivity index (χ4n) is 6.23. The molecule has 0 spiro atoms. The third kappa shape index (κ3) is 2.67. The van der Waals surface area contributed by atoms with Crippen LogP contribution in [0.5, 0.6) is 0 Å². The Kier molecular flexibility index (Phi) is 5.15. The van der Waals surface area contributed by atoms with Gasteiger partial charge in [-0.25, -0.2) is 0 Å². The molecule has 0 heterocycles. The van der Waals surface area contributed by atoms with Gasteiger partial charge in [-0.15, -0.1) is 0 Å². The van der Waals surface area contributed by atoms with Crippen LogP contribution in [0.25, 0.3) is 0 Å². The summed E-state index contributed by atoms with van der Waals surface area (Å²) in [4.78, 5) is 13.2. The van der Waals surface area contributed by atoms with Gasteiger partial charge in [0, 0.05) is 22.0 Å². The van der Waals surface area contributed by atoms with Crippen molar-refractivity contribution >= 4 is 37.6 Å². The monoisotopic (exact) mass is 476 g/mol. The van der Waals surface area contributed by atoms with E-state index < -0.39 is 11.7 Å². The maximum Gasteiger partial charge on any atom is 0.159 e. The molecule has 3 nitrogen and oxygen atoms in total. The third-order valence-electron chi connectivity index (χ3n) is 7.65. The van der Waals surface area contributed by atoms with Crippen molar-refractivity contribution < 1.29 is 15.0 Å². The first kappa shape index (κ1) is 20.0. The van der Waals surface area contributed by atoms with Crippen LogP contribution >= 0.6 is 31.9 Å². The molecular weight excluding hydrogens is 448 g/mol. The van der Waals surface area contributed by atoms with Gasteiger partial charge in [-0.1, -0.05) is 58.7 Å². The predicted octanol–water partition coefficient (Wildman–Crippen LogP) is 4.09. The molecule has 0 aromatic heterocycles. The lowest BCUT2D eigenvalue weighted by atomic mass is 9.41. The Balaban J connectivity index is 2.19. The van der Waals surface area contributed by atoms with E-state index in [0.717, 1.165) is 18.2 Å². The van der Waals surface area contributed by atoms with Crippen molar-refractivity contribution in [2.24, 2.45) is 34.5 Å². The van der Waals surface area contributed by atoms with E-state index >= 15 is 0 Å².